The molecule has 0 radical (unpaired) electrons. The third kappa shape index (κ3) is 2.20. The van der Waals surface area contributed by atoms with E-state index in [9.17, 15) is 4.79 Å². The summed E-state index contributed by atoms with van der Waals surface area (Å²) in [6.07, 6.45) is -0.629. The first-order valence-corrected chi connectivity index (χ1v) is 6.13. The van der Waals surface area contributed by atoms with Crippen molar-refractivity contribution in [2.75, 3.05) is 0 Å². The Balaban J connectivity index is 2.57. The van der Waals surface area contributed by atoms with Crippen molar-refractivity contribution in [3.8, 4) is 0 Å². The number of rotatable bonds is 3. The van der Waals surface area contributed by atoms with Crippen LogP contribution >= 0.6 is 12.6 Å². The first-order valence-electron chi connectivity index (χ1n) is 5.68. The van der Waals surface area contributed by atoms with Gasteiger partial charge in [-0.05, 0) is 39.8 Å². The number of nitrogens with zero attached hydrogens (tertiary/aromatic N) is 4. The second-order valence-electron chi connectivity index (χ2n) is 4.46. The molecule has 18 heavy (non-hydrogen) atoms. The Morgan fingerprint density at radius 3 is 1.67 bits per heavy atom. The van der Waals surface area contributed by atoms with E-state index in [1.165, 1.54) is 0 Å². The highest BCUT2D eigenvalue weighted by Gasteiger charge is 2.24. The lowest BCUT2D eigenvalue weighted by Crippen LogP contribution is -2.27. The van der Waals surface area contributed by atoms with Crippen LogP contribution in [0.3, 0.4) is 0 Å². The van der Waals surface area contributed by atoms with Crippen LogP contribution in [0.5, 0.6) is 0 Å². The highest BCUT2D eigenvalue weighted by atomic mass is 32.1. The van der Waals surface area contributed by atoms with E-state index in [0.717, 1.165) is 22.8 Å². The predicted molar refractivity (Wildman–Crippen MR) is 71.8 cm³/mol. The zero-order valence-electron chi connectivity index (χ0n) is 10.9. The van der Waals surface area contributed by atoms with Crippen LogP contribution in [-0.2, 0) is 4.79 Å². The van der Waals surface area contributed by atoms with Gasteiger partial charge in [-0.3, -0.25) is 4.79 Å². The molecular formula is C12H16N4OS. The molecule has 0 saturated carbocycles. The SMILES string of the molecule is Cc1cc(C)n(C(C(=O)S)n2nc(C)cc2C)n1. The monoisotopic (exact) mass is 264 g/mol. The van der Waals surface area contributed by atoms with Gasteiger partial charge in [0, 0.05) is 11.4 Å². The molecule has 0 amide bonds. The van der Waals surface area contributed by atoms with Gasteiger partial charge in [-0.1, -0.05) is 0 Å². The molecule has 96 valence electrons. The number of aryl methyl sites for hydroxylation is 4. The average Bonchev–Trinajstić information content (AvgIpc) is 2.71. The standard InChI is InChI=1S/C12H16N4OS/c1-7-5-9(3)15(13-7)11(12(17)18)16-10(4)6-8(2)14-16/h5-6,11H,1-4H3,(H,17,18). The van der Waals surface area contributed by atoms with Crippen molar-refractivity contribution in [2.45, 2.75) is 33.9 Å². The van der Waals surface area contributed by atoms with Crippen molar-refractivity contribution in [1.29, 1.82) is 0 Å². The smallest absolute Gasteiger partial charge is 0.232 e. The molecule has 0 aliphatic carbocycles. The highest BCUT2D eigenvalue weighted by molar-refractivity contribution is 7.96. The molecule has 5 nitrogen and oxygen atoms in total. The maximum atomic E-state index is 11.8. The van der Waals surface area contributed by atoms with Crippen molar-refractivity contribution in [2.24, 2.45) is 0 Å². The molecule has 0 N–H and O–H groups in total. The minimum atomic E-state index is -0.629. The van der Waals surface area contributed by atoms with Gasteiger partial charge in [0.2, 0.25) is 11.3 Å². The molecule has 0 aliphatic rings. The number of aromatic nitrogens is 4. The van der Waals surface area contributed by atoms with Crippen LogP contribution in [-0.4, -0.2) is 24.7 Å². The molecular weight excluding hydrogens is 248 g/mol. The van der Waals surface area contributed by atoms with E-state index >= 15 is 0 Å². The third-order valence-electron chi connectivity index (χ3n) is 2.77. The van der Waals surface area contributed by atoms with E-state index in [-0.39, 0.29) is 5.12 Å². The van der Waals surface area contributed by atoms with E-state index in [1.807, 2.05) is 39.8 Å². The maximum Gasteiger partial charge on any atom is 0.232 e. The van der Waals surface area contributed by atoms with Crippen molar-refractivity contribution >= 4 is 17.7 Å². The summed E-state index contributed by atoms with van der Waals surface area (Å²) in [6.45, 7) is 7.61. The summed E-state index contributed by atoms with van der Waals surface area (Å²) in [4.78, 5) is 11.8. The Morgan fingerprint density at radius 1 is 1.06 bits per heavy atom. The lowest BCUT2D eigenvalue weighted by atomic mass is 10.4. The van der Waals surface area contributed by atoms with Crippen LogP contribution in [0.25, 0.3) is 0 Å². The molecule has 0 saturated heterocycles. The van der Waals surface area contributed by atoms with Crippen LogP contribution in [0.1, 0.15) is 28.9 Å². The number of thiol groups is 1. The predicted octanol–water partition coefficient (Wildman–Crippen LogP) is 1.82. The van der Waals surface area contributed by atoms with Gasteiger partial charge in [-0.25, -0.2) is 9.36 Å². The summed E-state index contributed by atoms with van der Waals surface area (Å²) < 4.78 is 3.31. The quantitative estimate of drug-likeness (QED) is 0.860. The van der Waals surface area contributed by atoms with Gasteiger partial charge in [-0.15, -0.1) is 12.6 Å². The van der Waals surface area contributed by atoms with E-state index in [2.05, 4.69) is 22.8 Å². The van der Waals surface area contributed by atoms with Crippen LogP contribution in [0.4, 0.5) is 0 Å². The summed E-state index contributed by atoms with van der Waals surface area (Å²) in [5, 5.41) is 8.40. The van der Waals surface area contributed by atoms with Gasteiger partial charge in [0.15, 0.2) is 0 Å². The molecule has 0 bridgehead atoms. The Kier molecular flexibility index (Phi) is 3.30. The summed E-state index contributed by atoms with van der Waals surface area (Å²) >= 11 is 3.97. The molecule has 0 fully saturated rings. The fourth-order valence-electron chi connectivity index (χ4n) is 2.10. The maximum absolute atomic E-state index is 11.8. The molecule has 2 aromatic heterocycles. The minimum Gasteiger partial charge on any atom is -0.283 e. The Bertz CT molecular complexity index is 553. The molecule has 0 atom stereocenters. The lowest BCUT2D eigenvalue weighted by molar-refractivity contribution is -0.115. The Hall–Kier alpha value is -1.56. The van der Waals surface area contributed by atoms with Gasteiger partial charge in [0.05, 0.1) is 11.4 Å². The second-order valence-corrected chi connectivity index (χ2v) is 4.90. The van der Waals surface area contributed by atoms with Crippen molar-refractivity contribution in [1.82, 2.24) is 19.6 Å². The van der Waals surface area contributed by atoms with Gasteiger partial charge >= 0.3 is 0 Å². The Labute approximate surface area is 111 Å². The molecule has 0 aromatic carbocycles. The minimum absolute atomic E-state index is 0.285. The summed E-state index contributed by atoms with van der Waals surface area (Å²) in [5.41, 5.74) is 3.56. The lowest BCUT2D eigenvalue weighted by Gasteiger charge is -2.17. The first kappa shape index (κ1) is 12.9. The molecule has 2 heterocycles. The number of carbonyl (C=O) groups is 1. The fraction of sp³-hybridized carbons (Fsp3) is 0.417. The summed E-state index contributed by atoms with van der Waals surface area (Å²) in [7, 11) is 0. The zero-order valence-corrected chi connectivity index (χ0v) is 11.8. The molecule has 2 rings (SSSR count). The molecule has 0 spiro atoms. The largest absolute Gasteiger partial charge is 0.283 e. The number of hydrogen-bond donors (Lipinski definition) is 1. The van der Waals surface area contributed by atoms with Crippen molar-refractivity contribution < 1.29 is 4.79 Å². The molecule has 0 aliphatic heterocycles. The second kappa shape index (κ2) is 4.61. The fourth-order valence-corrected chi connectivity index (χ4v) is 2.32. The van der Waals surface area contributed by atoms with Gasteiger partial charge in [0.25, 0.3) is 0 Å². The molecule has 0 unspecified atom stereocenters. The molecule has 6 heteroatoms. The average molecular weight is 264 g/mol. The van der Waals surface area contributed by atoms with E-state index in [1.54, 1.807) is 9.36 Å². The van der Waals surface area contributed by atoms with E-state index in [4.69, 9.17) is 0 Å². The normalized spacial score (nSPS) is 11.2. The number of carbonyl (C=O) groups excluding carboxylic acids is 1. The van der Waals surface area contributed by atoms with Crippen LogP contribution in [0, 0.1) is 27.7 Å². The van der Waals surface area contributed by atoms with Crippen LogP contribution in [0.15, 0.2) is 12.1 Å². The van der Waals surface area contributed by atoms with E-state index in [0.29, 0.717) is 0 Å². The van der Waals surface area contributed by atoms with Crippen LogP contribution in [0.2, 0.25) is 0 Å². The summed E-state index contributed by atoms with van der Waals surface area (Å²) in [5.74, 6) is 0. The Morgan fingerprint density at radius 2 is 1.44 bits per heavy atom. The van der Waals surface area contributed by atoms with E-state index < -0.39 is 6.17 Å². The zero-order chi connectivity index (χ0) is 13.4. The van der Waals surface area contributed by atoms with Crippen molar-refractivity contribution in [3.05, 3.63) is 34.9 Å². The van der Waals surface area contributed by atoms with Gasteiger partial charge in [0.1, 0.15) is 0 Å². The van der Waals surface area contributed by atoms with Crippen molar-refractivity contribution in [3.63, 3.8) is 0 Å². The van der Waals surface area contributed by atoms with Crippen LogP contribution < -0.4 is 0 Å². The first-order chi connectivity index (χ1) is 8.40. The topological polar surface area (TPSA) is 52.7 Å². The van der Waals surface area contributed by atoms with Gasteiger partial charge < -0.3 is 0 Å². The highest BCUT2D eigenvalue weighted by Crippen LogP contribution is 2.18. The number of hydrogen-bond acceptors (Lipinski definition) is 3. The van der Waals surface area contributed by atoms with Gasteiger partial charge in [-0.2, -0.15) is 10.2 Å². The third-order valence-corrected chi connectivity index (χ3v) is 3.00. The molecule has 2 aromatic rings. The summed E-state index contributed by atoms with van der Waals surface area (Å²) in [6, 6.07) is 3.85.